The van der Waals surface area contributed by atoms with Crippen molar-refractivity contribution in [2.45, 2.75) is 30.5 Å². The minimum Gasteiger partial charge on any atom is -0.331 e. The molecule has 0 saturated heterocycles. The molecule has 7 nitrogen and oxygen atoms in total. The molecule has 13 heteroatoms. The van der Waals surface area contributed by atoms with E-state index in [9.17, 15) is 17.6 Å². The zero-order valence-electron chi connectivity index (χ0n) is 18.4. The van der Waals surface area contributed by atoms with Crippen LogP contribution in [0.1, 0.15) is 23.2 Å². The zero-order chi connectivity index (χ0) is 26.0. The fraction of sp³-hybridized carbons (Fsp3) is 0.217. The largest absolute Gasteiger partial charge is 0.331 e. The molecule has 0 fully saturated rings. The lowest BCUT2D eigenvalue weighted by Gasteiger charge is -2.22. The number of nitrogens with zero attached hydrogens (tertiary/aromatic N) is 2. The summed E-state index contributed by atoms with van der Waals surface area (Å²) in [6, 6.07) is 8.85. The van der Waals surface area contributed by atoms with E-state index in [2.05, 4.69) is 10.4 Å². The maximum atomic E-state index is 15.3. The summed E-state index contributed by atoms with van der Waals surface area (Å²) < 4.78 is 58.1. The van der Waals surface area contributed by atoms with Gasteiger partial charge < -0.3 is 5.32 Å². The molecule has 2 N–H and O–H groups in total. The van der Waals surface area contributed by atoms with E-state index in [0.717, 1.165) is 0 Å². The molecule has 0 radical (unpaired) electrons. The zero-order valence-corrected chi connectivity index (χ0v) is 21.5. The van der Waals surface area contributed by atoms with Gasteiger partial charge in [0.1, 0.15) is 12.0 Å². The van der Waals surface area contributed by atoms with Crippen LogP contribution in [0.2, 0.25) is 15.1 Å². The van der Waals surface area contributed by atoms with E-state index >= 15 is 4.39 Å². The number of aromatic nitrogens is 2. The quantitative estimate of drug-likeness (QED) is 0.403. The van der Waals surface area contributed by atoms with Crippen LogP contribution in [0.15, 0.2) is 59.4 Å². The van der Waals surface area contributed by atoms with Crippen molar-refractivity contribution in [1.29, 1.82) is 0 Å². The van der Waals surface area contributed by atoms with Gasteiger partial charge in [0.15, 0.2) is 0 Å². The predicted molar refractivity (Wildman–Crippen MR) is 134 cm³/mol. The van der Waals surface area contributed by atoms with Crippen LogP contribution in [0.4, 0.5) is 13.6 Å². The number of benzene rings is 2. The Morgan fingerprint density at radius 1 is 1.11 bits per heavy atom. The summed E-state index contributed by atoms with van der Waals surface area (Å²) in [7, 11) is -4.22. The molecule has 2 aromatic carbocycles. The topological polar surface area (TPSA) is 93.1 Å². The molecule has 1 atom stereocenters. The van der Waals surface area contributed by atoms with E-state index in [4.69, 9.17) is 34.8 Å². The van der Waals surface area contributed by atoms with Crippen molar-refractivity contribution in [2.75, 3.05) is 6.54 Å². The Morgan fingerprint density at radius 3 is 2.50 bits per heavy atom. The van der Waals surface area contributed by atoms with Crippen LogP contribution in [0.5, 0.6) is 0 Å². The third kappa shape index (κ3) is 5.83. The molecule has 4 rings (SSSR count). The van der Waals surface area contributed by atoms with Crippen molar-refractivity contribution in [3.05, 3.63) is 86.4 Å². The monoisotopic (exact) mass is 574 g/mol. The van der Waals surface area contributed by atoms with Crippen molar-refractivity contribution in [3.8, 4) is 0 Å². The Bertz CT molecular complexity index is 1440. The molecule has 0 aliphatic heterocycles. The fourth-order valence-corrected chi connectivity index (χ4v) is 5.33. The van der Waals surface area contributed by atoms with Gasteiger partial charge >= 0.3 is 6.03 Å². The number of halogens is 5. The molecule has 0 saturated carbocycles. The molecule has 3 aromatic rings. The van der Waals surface area contributed by atoms with Crippen LogP contribution in [-0.4, -0.2) is 36.9 Å². The Balaban J connectivity index is 1.53. The summed E-state index contributed by atoms with van der Waals surface area (Å²) in [5, 5.41) is 7.55. The van der Waals surface area contributed by atoms with Crippen LogP contribution in [0, 0.1) is 0 Å². The highest BCUT2D eigenvalue weighted by Gasteiger charge is 2.31. The third-order valence-corrected chi connectivity index (χ3v) is 7.72. The summed E-state index contributed by atoms with van der Waals surface area (Å²) in [6.07, 6.45) is 0.295. The molecule has 190 valence electrons. The second kappa shape index (κ2) is 10.8. The van der Waals surface area contributed by atoms with E-state index in [1.54, 1.807) is 22.9 Å². The highest BCUT2D eigenvalue weighted by Crippen LogP contribution is 2.36. The molecule has 1 aliphatic carbocycles. The summed E-state index contributed by atoms with van der Waals surface area (Å²) >= 11 is 17.9. The number of amides is 2. The number of rotatable bonds is 6. The summed E-state index contributed by atoms with van der Waals surface area (Å²) in [6.45, 7) is -0.591. The van der Waals surface area contributed by atoms with Gasteiger partial charge in [-0.25, -0.2) is 26.7 Å². The van der Waals surface area contributed by atoms with Gasteiger partial charge in [-0.15, -0.1) is 0 Å². The molecular formula is C23H19Cl3F2N4O3S. The second-order valence-electron chi connectivity index (χ2n) is 7.98. The maximum Gasteiger partial charge on any atom is 0.329 e. The molecule has 1 unspecified atom stereocenters. The lowest BCUT2D eigenvalue weighted by Crippen LogP contribution is -2.40. The van der Waals surface area contributed by atoms with Gasteiger partial charge in [0.2, 0.25) is 0 Å². The van der Waals surface area contributed by atoms with Crippen LogP contribution in [-0.2, 0) is 23.0 Å². The van der Waals surface area contributed by atoms with Gasteiger partial charge in [0.05, 0.1) is 29.9 Å². The van der Waals surface area contributed by atoms with E-state index < -0.39 is 34.6 Å². The standard InChI is InChI=1S/C23H19Cl3F2N4O3S/c24-15-4-6-17(7-5-15)36(34,35)31-23(33)29-11-20(28)21-19(27)8-2-13-10-30-32(22(13)21)12-14-1-3-16(25)9-18(14)26/h1,3-7,9-10,19H,2,8,11-12H2,(H2,29,31,33)/b21-20-. The number of sulfonamides is 1. The lowest BCUT2D eigenvalue weighted by atomic mass is 9.90. The van der Waals surface area contributed by atoms with Gasteiger partial charge in [-0.05, 0) is 60.4 Å². The highest BCUT2D eigenvalue weighted by molar-refractivity contribution is 7.90. The minimum absolute atomic E-state index is 0.0420. The molecule has 0 bridgehead atoms. The number of carbonyl (C=O) groups excluding carboxylic acids is 1. The number of carbonyl (C=O) groups is 1. The van der Waals surface area contributed by atoms with Crippen LogP contribution in [0.3, 0.4) is 0 Å². The first-order valence-corrected chi connectivity index (χ1v) is 13.2. The van der Waals surface area contributed by atoms with E-state index in [-0.39, 0.29) is 29.1 Å². The van der Waals surface area contributed by atoms with Gasteiger partial charge in [0, 0.05) is 20.6 Å². The van der Waals surface area contributed by atoms with Crippen molar-refractivity contribution in [3.63, 3.8) is 0 Å². The van der Waals surface area contributed by atoms with Gasteiger partial charge in [-0.1, -0.05) is 40.9 Å². The fourth-order valence-electron chi connectivity index (χ4n) is 3.81. The molecule has 36 heavy (non-hydrogen) atoms. The Kier molecular flexibility index (Phi) is 7.89. The number of nitrogens with one attached hydrogen (secondary N) is 2. The average Bonchev–Trinajstić information content (AvgIpc) is 3.22. The smallest absolute Gasteiger partial charge is 0.329 e. The van der Waals surface area contributed by atoms with Crippen molar-refractivity contribution >= 4 is 56.4 Å². The van der Waals surface area contributed by atoms with E-state index in [0.29, 0.717) is 32.6 Å². The number of urea groups is 1. The Labute approximate surface area is 221 Å². The van der Waals surface area contributed by atoms with Gasteiger partial charge in [-0.3, -0.25) is 4.68 Å². The van der Waals surface area contributed by atoms with Gasteiger partial charge in [0.25, 0.3) is 10.0 Å². The number of allylic oxidation sites excluding steroid dienone is 1. The SMILES string of the molecule is O=C(NC/C(F)=C1/c2c(cnn2Cc2ccc(Cl)cc2Cl)CCC1F)NS(=O)(=O)c1ccc(Cl)cc1. The first kappa shape index (κ1) is 26.4. The molecule has 2 amide bonds. The number of aryl methyl sites for hydroxylation is 1. The number of hydrogen-bond donors (Lipinski definition) is 2. The molecule has 1 aromatic heterocycles. The number of fused-ring (bicyclic) bond motifs is 1. The normalized spacial score (nSPS) is 16.9. The van der Waals surface area contributed by atoms with Crippen molar-refractivity contribution in [1.82, 2.24) is 19.8 Å². The number of hydrogen-bond acceptors (Lipinski definition) is 4. The molecular weight excluding hydrogens is 557 g/mol. The van der Waals surface area contributed by atoms with Crippen LogP contribution < -0.4 is 10.0 Å². The first-order chi connectivity index (χ1) is 17.0. The Hall–Kier alpha value is -2.66. The molecule has 1 aliphatic rings. The highest BCUT2D eigenvalue weighted by atomic mass is 35.5. The van der Waals surface area contributed by atoms with Crippen LogP contribution >= 0.6 is 34.8 Å². The van der Waals surface area contributed by atoms with E-state index in [1.807, 2.05) is 0 Å². The van der Waals surface area contributed by atoms with Crippen molar-refractivity contribution in [2.24, 2.45) is 0 Å². The molecule has 1 heterocycles. The molecule has 0 spiro atoms. The van der Waals surface area contributed by atoms with E-state index in [1.165, 1.54) is 35.1 Å². The first-order valence-electron chi connectivity index (χ1n) is 10.6. The summed E-state index contributed by atoms with van der Waals surface area (Å²) in [5.41, 5.74) is 1.31. The predicted octanol–water partition coefficient (Wildman–Crippen LogP) is 5.54. The second-order valence-corrected chi connectivity index (χ2v) is 10.9. The maximum absolute atomic E-state index is 15.3. The van der Waals surface area contributed by atoms with Crippen LogP contribution in [0.25, 0.3) is 5.57 Å². The summed E-state index contributed by atoms with van der Waals surface area (Å²) in [5.74, 6) is -0.952. The van der Waals surface area contributed by atoms with Crippen molar-refractivity contribution < 1.29 is 22.0 Å². The Morgan fingerprint density at radius 2 is 1.81 bits per heavy atom. The minimum atomic E-state index is -4.22. The average molecular weight is 576 g/mol. The lowest BCUT2D eigenvalue weighted by molar-refractivity contribution is 0.246. The summed E-state index contributed by atoms with van der Waals surface area (Å²) in [4.78, 5) is 12.0. The third-order valence-electron chi connectivity index (χ3n) is 5.53. The number of alkyl halides is 1. The van der Waals surface area contributed by atoms with Gasteiger partial charge in [-0.2, -0.15) is 5.10 Å².